The van der Waals surface area contributed by atoms with Gasteiger partial charge in [-0.15, -0.1) is 11.8 Å². The fourth-order valence-corrected chi connectivity index (χ4v) is 3.50. The number of amides is 2. The Balaban J connectivity index is 1.56. The third-order valence-corrected chi connectivity index (χ3v) is 5.40. The molecule has 4 nitrogen and oxygen atoms in total. The molecule has 0 heterocycles. The van der Waals surface area contributed by atoms with Crippen molar-refractivity contribution in [3.8, 4) is 0 Å². The second kappa shape index (κ2) is 10.1. The van der Waals surface area contributed by atoms with Gasteiger partial charge in [0.1, 0.15) is 5.82 Å². The molecular formula is C22H15ClF4N2O2S. The van der Waals surface area contributed by atoms with E-state index in [9.17, 15) is 27.2 Å². The summed E-state index contributed by atoms with van der Waals surface area (Å²) in [7, 11) is 0. The van der Waals surface area contributed by atoms with E-state index in [2.05, 4.69) is 10.6 Å². The SMILES string of the molecule is O=C(CSc1ccc(NC(=O)c2ccc(F)cc2)cc1)Nc1ccc(Cl)cc1C(F)(F)F. The number of carbonyl (C=O) groups is 2. The lowest BCUT2D eigenvalue weighted by molar-refractivity contribution is -0.137. The second-order valence-electron chi connectivity index (χ2n) is 6.51. The summed E-state index contributed by atoms with van der Waals surface area (Å²) < 4.78 is 52.3. The first-order valence-corrected chi connectivity index (χ1v) is 10.4. The van der Waals surface area contributed by atoms with Crippen molar-refractivity contribution in [3.63, 3.8) is 0 Å². The Kier molecular flexibility index (Phi) is 7.42. The number of hydrogen-bond acceptors (Lipinski definition) is 3. The standard InChI is InChI=1S/C22H15ClF4N2O2S/c23-14-3-10-19(18(11-14)22(25,26)27)29-20(30)12-32-17-8-6-16(7-9-17)28-21(31)13-1-4-15(24)5-2-13/h1-11H,12H2,(H,28,31)(H,29,30). The molecule has 32 heavy (non-hydrogen) atoms. The summed E-state index contributed by atoms with van der Waals surface area (Å²) in [5, 5.41) is 4.83. The molecule has 0 unspecified atom stereocenters. The van der Waals surface area contributed by atoms with E-state index in [0.29, 0.717) is 16.1 Å². The van der Waals surface area contributed by atoms with Crippen molar-refractivity contribution in [3.05, 3.63) is 88.7 Å². The van der Waals surface area contributed by atoms with Gasteiger partial charge in [0.15, 0.2) is 0 Å². The van der Waals surface area contributed by atoms with Gasteiger partial charge in [-0.2, -0.15) is 13.2 Å². The highest BCUT2D eigenvalue weighted by Crippen LogP contribution is 2.36. The molecule has 0 aliphatic carbocycles. The number of rotatable bonds is 6. The number of halogens is 5. The van der Waals surface area contributed by atoms with E-state index in [-0.39, 0.29) is 16.5 Å². The Bertz CT molecular complexity index is 1120. The van der Waals surface area contributed by atoms with Crippen LogP contribution in [-0.4, -0.2) is 17.6 Å². The summed E-state index contributed by atoms with van der Waals surface area (Å²) in [6, 6.07) is 14.7. The van der Waals surface area contributed by atoms with Crippen LogP contribution in [0.3, 0.4) is 0 Å². The molecule has 0 spiro atoms. The maximum absolute atomic E-state index is 13.1. The van der Waals surface area contributed by atoms with Gasteiger partial charge in [0, 0.05) is 21.2 Å². The summed E-state index contributed by atoms with van der Waals surface area (Å²) in [5.41, 5.74) is -0.609. The first-order valence-electron chi connectivity index (χ1n) is 9.08. The summed E-state index contributed by atoms with van der Waals surface area (Å²) in [6.07, 6.45) is -4.66. The fraction of sp³-hybridized carbons (Fsp3) is 0.0909. The van der Waals surface area contributed by atoms with Crippen LogP contribution in [0.1, 0.15) is 15.9 Å². The van der Waals surface area contributed by atoms with E-state index in [1.165, 1.54) is 30.3 Å². The molecule has 3 aromatic rings. The second-order valence-corrected chi connectivity index (χ2v) is 8.00. The van der Waals surface area contributed by atoms with Gasteiger partial charge in [0.2, 0.25) is 5.91 Å². The Morgan fingerprint density at radius 3 is 2.19 bits per heavy atom. The minimum Gasteiger partial charge on any atom is -0.325 e. The topological polar surface area (TPSA) is 58.2 Å². The predicted molar refractivity (Wildman–Crippen MR) is 117 cm³/mol. The van der Waals surface area contributed by atoms with Crippen LogP contribution < -0.4 is 10.6 Å². The highest BCUT2D eigenvalue weighted by atomic mass is 35.5. The number of benzene rings is 3. The number of nitrogens with one attached hydrogen (secondary N) is 2. The molecule has 0 saturated carbocycles. The first-order chi connectivity index (χ1) is 15.1. The van der Waals surface area contributed by atoms with E-state index in [4.69, 9.17) is 11.6 Å². The van der Waals surface area contributed by atoms with Crippen molar-refractivity contribution in [1.82, 2.24) is 0 Å². The van der Waals surface area contributed by atoms with Gasteiger partial charge in [0.25, 0.3) is 5.91 Å². The lowest BCUT2D eigenvalue weighted by atomic mass is 10.1. The van der Waals surface area contributed by atoms with E-state index in [0.717, 1.165) is 23.9 Å². The normalized spacial score (nSPS) is 11.2. The van der Waals surface area contributed by atoms with Crippen LogP contribution in [0.25, 0.3) is 0 Å². The van der Waals surface area contributed by atoms with Crippen LogP contribution in [0, 0.1) is 5.82 Å². The van der Waals surface area contributed by atoms with Crippen LogP contribution in [0.5, 0.6) is 0 Å². The van der Waals surface area contributed by atoms with Crippen LogP contribution in [0.2, 0.25) is 5.02 Å². The zero-order chi connectivity index (χ0) is 23.3. The number of anilines is 2. The molecule has 2 amide bonds. The third kappa shape index (κ3) is 6.48. The van der Waals surface area contributed by atoms with Crippen molar-refractivity contribution in [2.24, 2.45) is 0 Å². The molecule has 10 heteroatoms. The van der Waals surface area contributed by atoms with Crippen molar-refractivity contribution < 1.29 is 27.2 Å². The fourth-order valence-electron chi connectivity index (χ4n) is 2.63. The number of thioether (sulfide) groups is 1. The van der Waals surface area contributed by atoms with Crippen molar-refractivity contribution in [1.29, 1.82) is 0 Å². The van der Waals surface area contributed by atoms with Crippen molar-refractivity contribution in [2.75, 3.05) is 16.4 Å². The van der Waals surface area contributed by atoms with Crippen LogP contribution in [0.4, 0.5) is 28.9 Å². The van der Waals surface area contributed by atoms with E-state index >= 15 is 0 Å². The molecule has 166 valence electrons. The number of alkyl halides is 3. The highest BCUT2D eigenvalue weighted by molar-refractivity contribution is 8.00. The van der Waals surface area contributed by atoms with Gasteiger partial charge in [0.05, 0.1) is 17.0 Å². The molecule has 0 aromatic heterocycles. The van der Waals surface area contributed by atoms with E-state index < -0.39 is 29.4 Å². The Hall–Kier alpha value is -3.04. The Morgan fingerprint density at radius 1 is 0.906 bits per heavy atom. The molecule has 0 aliphatic rings. The molecule has 0 aliphatic heterocycles. The van der Waals surface area contributed by atoms with Crippen LogP contribution in [0.15, 0.2) is 71.6 Å². The Morgan fingerprint density at radius 2 is 1.56 bits per heavy atom. The summed E-state index contributed by atoms with van der Waals surface area (Å²) in [4.78, 5) is 24.9. The molecule has 0 saturated heterocycles. The smallest absolute Gasteiger partial charge is 0.325 e. The predicted octanol–water partition coefficient (Wildman–Crippen LogP) is 6.48. The van der Waals surface area contributed by atoms with Gasteiger partial charge >= 0.3 is 6.18 Å². The monoisotopic (exact) mass is 482 g/mol. The van der Waals surface area contributed by atoms with Gasteiger partial charge in [-0.3, -0.25) is 9.59 Å². The van der Waals surface area contributed by atoms with Gasteiger partial charge < -0.3 is 10.6 Å². The molecule has 3 aromatic carbocycles. The van der Waals surface area contributed by atoms with Gasteiger partial charge in [-0.05, 0) is 66.7 Å². The molecule has 0 atom stereocenters. The minimum atomic E-state index is -4.66. The van der Waals surface area contributed by atoms with E-state index in [1.54, 1.807) is 24.3 Å². The molecule has 0 fully saturated rings. The summed E-state index contributed by atoms with van der Waals surface area (Å²) in [5.74, 6) is -1.59. The zero-order valence-electron chi connectivity index (χ0n) is 16.2. The lowest BCUT2D eigenvalue weighted by Crippen LogP contribution is -2.18. The van der Waals surface area contributed by atoms with Gasteiger partial charge in [-0.1, -0.05) is 11.6 Å². The average Bonchev–Trinajstić information content (AvgIpc) is 2.74. The maximum Gasteiger partial charge on any atom is 0.418 e. The van der Waals surface area contributed by atoms with Crippen molar-refractivity contribution in [2.45, 2.75) is 11.1 Å². The molecule has 3 rings (SSSR count). The van der Waals surface area contributed by atoms with Crippen molar-refractivity contribution >= 4 is 46.6 Å². The maximum atomic E-state index is 13.1. The Labute approximate surface area is 190 Å². The minimum absolute atomic E-state index is 0.0868. The third-order valence-electron chi connectivity index (χ3n) is 4.15. The first kappa shape index (κ1) is 23.6. The lowest BCUT2D eigenvalue weighted by Gasteiger charge is -2.14. The zero-order valence-corrected chi connectivity index (χ0v) is 17.7. The average molecular weight is 483 g/mol. The van der Waals surface area contributed by atoms with Crippen LogP contribution >= 0.6 is 23.4 Å². The summed E-state index contributed by atoms with van der Waals surface area (Å²) >= 11 is 6.74. The summed E-state index contributed by atoms with van der Waals surface area (Å²) in [6.45, 7) is 0. The molecule has 2 N–H and O–H groups in total. The molecule has 0 bridgehead atoms. The largest absolute Gasteiger partial charge is 0.418 e. The van der Waals surface area contributed by atoms with Gasteiger partial charge in [-0.25, -0.2) is 4.39 Å². The highest BCUT2D eigenvalue weighted by Gasteiger charge is 2.34. The van der Waals surface area contributed by atoms with Crippen LogP contribution in [-0.2, 0) is 11.0 Å². The quantitative estimate of drug-likeness (QED) is 0.312. The molecular weight excluding hydrogens is 468 g/mol. The van der Waals surface area contributed by atoms with E-state index in [1.807, 2.05) is 0 Å². The number of hydrogen-bond donors (Lipinski definition) is 2. The molecule has 0 radical (unpaired) electrons. The number of carbonyl (C=O) groups excluding carboxylic acids is 2.